The minimum Gasteiger partial charge on any atom is -0.436 e. The lowest BCUT2D eigenvalue weighted by Gasteiger charge is -2.06. The molecule has 1 N–H and O–H groups in total. The monoisotopic (exact) mass is 328 g/mol. The van der Waals surface area contributed by atoms with Gasteiger partial charge in [-0.2, -0.15) is 0 Å². The Morgan fingerprint density at radius 3 is 2.61 bits per heavy atom. The Hall–Kier alpha value is -2.93. The van der Waals surface area contributed by atoms with Crippen LogP contribution in [0.3, 0.4) is 0 Å². The summed E-state index contributed by atoms with van der Waals surface area (Å²) in [4.78, 5) is 28.1. The summed E-state index contributed by atoms with van der Waals surface area (Å²) < 4.78 is 9.98. The Morgan fingerprint density at radius 2 is 2.00 bits per heavy atom. The number of hydrogen-bond acceptors (Lipinski definition) is 6. The van der Waals surface area contributed by atoms with E-state index in [9.17, 15) is 9.59 Å². The van der Waals surface area contributed by atoms with Crippen molar-refractivity contribution in [3.05, 3.63) is 64.5 Å². The number of amides is 1. The molecule has 0 aliphatic rings. The zero-order chi connectivity index (χ0) is 16.2. The number of ether oxygens (including phenoxy) is 1. The van der Waals surface area contributed by atoms with E-state index in [1.54, 1.807) is 24.3 Å². The number of esters is 1. The molecule has 6 nitrogen and oxygen atoms in total. The summed E-state index contributed by atoms with van der Waals surface area (Å²) in [5, 5.41) is 4.67. The standard InChI is InChI=1S/C16H12N2O4S/c1-10-6-7-23-14(10)15(19)18-11-2-4-12(5-3-11)22-16(20)13-8-17-9-21-13/h2-9H,1H3,(H,18,19). The van der Waals surface area contributed by atoms with Gasteiger partial charge in [-0.1, -0.05) is 0 Å². The lowest BCUT2D eigenvalue weighted by Crippen LogP contribution is -2.11. The number of oxazole rings is 1. The van der Waals surface area contributed by atoms with E-state index in [0.717, 1.165) is 12.0 Å². The number of thiophene rings is 1. The van der Waals surface area contributed by atoms with Gasteiger partial charge in [0.15, 0.2) is 6.39 Å². The summed E-state index contributed by atoms with van der Waals surface area (Å²) in [6.07, 6.45) is 2.43. The maximum Gasteiger partial charge on any atom is 0.381 e. The van der Waals surface area contributed by atoms with Gasteiger partial charge in [0.2, 0.25) is 5.76 Å². The third-order valence-corrected chi connectivity index (χ3v) is 4.04. The topological polar surface area (TPSA) is 81.4 Å². The summed E-state index contributed by atoms with van der Waals surface area (Å²) >= 11 is 1.39. The van der Waals surface area contributed by atoms with Crippen LogP contribution in [0.1, 0.15) is 25.8 Å². The van der Waals surface area contributed by atoms with Crippen molar-refractivity contribution in [3.8, 4) is 5.75 Å². The van der Waals surface area contributed by atoms with Crippen molar-refractivity contribution in [1.29, 1.82) is 0 Å². The van der Waals surface area contributed by atoms with Crippen LogP contribution in [0.15, 0.2) is 52.7 Å². The molecule has 7 heteroatoms. The molecule has 1 amide bonds. The number of hydrogen-bond donors (Lipinski definition) is 1. The third-order valence-electron chi connectivity index (χ3n) is 3.02. The van der Waals surface area contributed by atoms with Crippen LogP contribution < -0.4 is 10.1 Å². The number of rotatable bonds is 4. The van der Waals surface area contributed by atoms with Crippen LogP contribution in [0, 0.1) is 6.92 Å². The molecule has 0 fully saturated rings. The largest absolute Gasteiger partial charge is 0.436 e. The van der Waals surface area contributed by atoms with Gasteiger partial charge in [-0.25, -0.2) is 9.78 Å². The van der Waals surface area contributed by atoms with Gasteiger partial charge in [0.05, 0.1) is 11.1 Å². The number of nitrogens with one attached hydrogen (secondary N) is 1. The molecule has 2 aromatic heterocycles. The highest BCUT2D eigenvalue weighted by molar-refractivity contribution is 7.12. The van der Waals surface area contributed by atoms with Gasteiger partial charge in [-0.15, -0.1) is 11.3 Å². The molecule has 3 aromatic rings. The van der Waals surface area contributed by atoms with Crippen molar-refractivity contribution < 1.29 is 18.7 Å². The number of aryl methyl sites for hydroxylation is 1. The molecule has 23 heavy (non-hydrogen) atoms. The Labute approximate surface area is 135 Å². The first-order valence-electron chi connectivity index (χ1n) is 6.69. The van der Waals surface area contributed by atoms with E-state index in [1.807, 2.05) is 18.4 Å². The summed E-state index contributed by atoms with van der Waals surface area (Å²) in [6, 6.07) is 8.38. The number of carbonyl (C=O) groups is 2. The molecule has 0 radical (unpaired) electrons. The van der Waals surface area contributed by atoms with E-state index in [2.05, 4.69) is 10.3 Å². The molecule has 0 saturated heterocycles. The molecule has 116 valence electrons. The second-order valence-corrected chi connectivity index (χ2v) is 5.58. The molecule has 3 rings (SSSR count). The lowest BCUT2D eigenvalue weighted by molar-refractivity contribution is 0.0701. The van der Waals surface area contributed by atoms with Crippen LogP contribution in [-0.2, 0) is 0 Å². The highest BCUT2D eigenvalue weighted by Crippen LogP contribution is 2.20. The van der Waals surface area contributed by atoms with E-state index in [4.69, 9.17) is 9.15 Å². The van der Waals surface area contributed by atoms with Gasteiger partial charge >= 0.3 is 5.97 Å². The van der Waals surface area contributed by atoms with E-state index >= 15 is 0 Å². The smallest absolute Gasteiger partial charge is 0.381 e. The number of anilines is 1. The molecule has 0 unspecified atom stereocenters. The maximum absolute atomic E-state index is 12.1. The molecule has 0 atom stereocenters. The Balaban J connectivity index is 1.64. The average Bonchev–Trinajstić information content (AvgIpc) is 3.20. The molecule has 0 aliphatic carbocycles. The van der Waals surface area contributed by atoms with Crippen LogP contribution in [0.25, 0.3) is 0 Å². The zero-order valence-corrected chi connectivity index (χ0v) is 12.9. The fourth-order valence-corrected chi connectivity index (χ4v) is 2.69. The Kier molecular flexibility index (Phi) is 4.20. The van der Waals surface area contributed by atoms with Crippen molar-refractivity contribution in [2.45, 2.75) is 6.92 Å². The third kappa shape index (κ3) is 3.46. The predicted molar refractivity (Wildman–Crippen MR) is 84.9 cm³/mol. The van der Waals surface area contributed by atoms with E-state index in [1.165, 1.54) is 17.5 Å². The molecule has 0 spiro atoms. The van der Waals surface area contributed by atoms with Crippen molar-refractivity contribution in [3.63, 3.8) is 0 Å². The fourth-order valence-electron chi connectivity index (χ4n) is 1.87. The van der Waals surface area contributed by atoms with Crippen LogP contribution in [-0.4, -0.2) is 16.9 Å². The van der Waals surface area contributed by atoms with Crippen LogP contribution >= 0.6 is 11.3 Å². The van der Waals surface area contributed by atoms with E-state index in [-0.39, 0.29) is 11.7 Å². The average molecular weight is 328 g/mol. The summed E-state index contributed by atoms with van der Waals surface area (Å²) in [5.74, 6) is -0.426. The Bertz CT molecular complexity index is 822. The predicted octanol–water partition coefficient (Wildman–Crippen LogP) is 3.52. The summed E-state index contributed by atoms with van der Waals surface area (Å²) in [6.45, 7) is 1.89. The van der Waals surface area contributed by atoms with Gasteiger partial charge in [-0.3, -0.25) is 4.79 Å². The molecule has 1 aromatic carbocycles. The summed E-state index contributed by atoms with van der Waals surface area (Å²) in [5.41, 5.74) is 1.55. The van der Waals surface area contributed by atoms with Crippen molar-refractivity contribution in [1.82, 2.24) is 4.98 Å². The first-order valence-corrected chi connectivity index (χ1v) is 7.57. The molecule has 0 saturated carbocycles. The quantitative estimate of drug-likeness (QED) is 0.585. The molecular weight excluding hydrogens is 316 g/mol. The zero-order valence-electron chi connectivity index (χ0n) is 12.1. The minimum absolute atomic E-state index is 0.0237. The second kappa shape index (κ2) is 6.45. The van der Waals surface area contributed by atoms with Crippen molar-refractivity contribution >= 4 is 28.9 Å². The highest BCUT2D eigenvalue weighted by Gasteiger charge is 2.13. The molecule has 2 heterocycles. The van der Waals surface area contributed by atoms with E-state index in [0.29, 0.717) is 16.3 Å². The van der Waals surface area contributed by atoms with Crippen molar-refractivity contribution in [2.24, 2.45) is 0 Å². The normalized spacial score (nSPS) is 10.3. The minimum atomic E-state index is -0.631. The van der Waals surface area contributed by atoms with Crippen molar-refractivity contribution in [2.75, 3.05) is 5.32 Å². The van der Waals surface area contributed by atoms with Gasteiger partial charge in [0.25, 0.3) is 5.91 Å². The van der Waals surface area contributed by atoms with Gasteiger partial charge < -0.3 is 14.5 Å². The van der Waals surface area contributed by atoms with Gasteiger partial charge in [0.1, 0.15) is 5.75 Å². The Morgan fingerprint density at radius 1 is 1.22 bits per heavy atom. The van der Waals surface area contributed by atoms with Crippen LogP contribution in [0.5, 0.6) is 5.75 Å². The first kappa shape index (κ1) is 15.0. The number of carbonyl (C=O) groups excluding carboxylic acids is 2. The number of aromatic nitrogens is 1. The van der Waals surface area contributed by atoms with Crippen LogP contribution in [0.4, 0.5) is 5.69 Å². The highest BCUT2D eigenvalue weighted by atomic mass is 32.1. The lowest BCUT2D eigenvalue weighted by atomic mass is 10.2. The van der Waals surface area contributed by atoms with E-state index < -0.39 is 5.97 Å². The molecule has 0 bridgehead atoms. The van der Waals surface area contributed by atoms with Gasteiger partial charge in [-0.05, 0) is 48.2 Å². The second-order valence-electron chi connectivity index (χ2n) is 4.67. The molecule has 0 aliphatic heterocycles. The van der Waals surface area contributed by atoms with Gasteiger partial charge in [0, 0.05) is 5.69 Å². The van der Waals surface area contributed by atoms with Crippen LogP contribution in [0.2, 0.25) is 0 Å². The SMILES string of the molecule is Cc1ccsc1C(=O)Nc1ccc(OC(=O)c2cnco2)cc1. The number of nitrogens with zero attached hydrogens (tertiary/aromatic N) is 1. The summed E-state index contributed by atoms with van der Waals surface area (Å²) in [7, 11) is 0. The maximum atomic E-state index is 12.1. The molecular formula is C16H12N2O4S. The first-order chi connectivity index (χ1) is 11.1. The fraction of sp³-hybridized carbons (Fsp3) is 0.0625. The number of benzene rings is 1.